The third-order valence-electron chi connectivity index (χ3n) is 3.24. The molecule has 2 N–H and O–H groups in total. The number of rotatable bonds is 1. The van der Waals surface area contributed by atoms with E-state index in [1.165, 1.54) is 4.90 Å². The van der Waals surface area contributed by atoms with E-state index in [0.717, 1.165) is 5.56 Å². The fraction of sp³-hybridized carbons (Fsp3) is 0.500. The predicted molar refractivity (Wildman–Crippen MR) is 69.8 cm³/mol. The topological polar surface area (TPSA) is 60.8 Å². The molecule has 1 fully saturated rings. The van der Waals surface area contributed by atoms with Crippen molar-refractivity contribution in [1.82, 2.24) is 0 Å². The molecule has 1 aromatic carbocycles. The number of aromatic hydroxyl groups is 1. The van der Waals surface area contributed by atoms with Crippen LogP contribution in [0, 0.1) is 0 Å². The van der Waals surface area contributed by atoms with Crippen molar-refractivity contribution in [2.45, 2.75) is 38.7 Å². The van der Waals surface area contributed by atoms with Crippen molar-refractivity contribution < 1.29 is 15.0 Å². The van der Waals surface area contributed by atoms with E-state index in [0.29, 0.717) is 5.69 Å². The second-order valence-electron chi connectivity index (χ2n) is 5.82. The van der Waals surface area contributed by atoms with Gasteiger partial charge >= 0.3 is 0 Å². The molecular weight excluding hydrogens is 230 g/mol. The molecule has 18 heavy (non-hydrogen) atoms. The zero-order chi connectivity index (χ0) is 13.5. The summed E-state index contributed by atoms with van der Waals surface area (Å²) in [4.78, 5) is 13.2. The summed E-state index contributed by atoms with van der Waals surface area (Å²) in [5.74, 6) is -0.0747. The van der Waals surface area contributed by atoms with Gasteiger partial charge in [-0.15, -0.1) is 0 Å². The van der Waals surface area contributed by atoms with E-state index in [4.69, 9.17) is 0 Å². The van der Waals surface area contributed by atoms with Gasteiger partial charge in [-0.3, -0.25) is 4.79 Å². The largest absolute Gasteiger partial charge is 0.506 e. The lowest BCUT2D eigenvalue weighted by Crippen LogP contribution is -2.26. The van der Waals surface area contributed by atoms with E-state index in [2.05, 4.69) is 20.8 Å². The number of β-amino-alcohol motifs (C(OH)–C–C–N with tert-alkyl or cyclic N) is 1. The van der Waals surface area contributed by atoms with E-state index in [-0.39, 0.29) is 30.0 Å². The molecule has 0 spiro atoms. The average Bonchev–Trinajstić information content (AvgIpc) is 2.56. The molecule has 1 atom stereocenters. The number of hydrogen-bond donors (Lipinski definition) is 2. The van der Waals surface area contributed by atoms with Gasteiger partial charge in [0.1, 0.15) is 5.75 Å². The molecule has 1 aliphatic heterocycles. The van der Waals surface area contributed by atoms with E-state index < -0.39 is 6.10 Å². The smallest absolute Gasteiger partial charge is 0.229 e. The van der Waals surface area contributed by atoms with Crippen LogP contribution in [-0.2, 0) is 10.2 Å². The van der Waals surface area contributed by atoms with Crippen LogP contribution >= 0.6 is 0 Å². The standard InChI is InChI=1S/C14H19NO3/c1-14(2,3)9-4-5-12(17)11(6-9)15-8-10(16)7-13(15)18/h4-6,10,16-17H,7-8H2,1-3H3. The van der Waals surface area contributed by atoms with Gasteiger partial charge in [0.2, 0.25) is 5.91 Å². The Morgan fingerprint density at radius 3 is 2.50 bits per heavy atom. The molecule has 1 heterocycles. The summed E-state index contributed by atoms with van der Waals surface area (Å²) < 4.78 is 0. The zero-order valence-corrected chi connectivity index (χ0v) is 11.0. The fourth-order valence-electron chi connectivity index (χ4n) is 2.13. The van der Waals surface area contributed by atoms with Gasteiger partial charge in [0.05, 0.1) is 24.8 Å². The molecular formula is C14H19NO3. The quantitative estimate of drug-likeness (QED) is 0.797. The van der Waals surface area contributed by atoms with Gasteiger partial charge in [0.15, 0.2) is 0 Å². The van der Waals surface area contributed by atoms with Crippen LogP contribution in [0.25, 0.3) is 0 Å². The Morgan fingerprint density at radius 2 is 2.00 bits per heavy atom. The zero-order valence-electron chi connectivity index (χ0n) is 11.0. The summed E-state index contributed by atoms with van der Waals surface area (Å²) in [6.45, 7) is 6.47. The molecule has 1 aliphatic rings. The Labute approximate surface area is 107 Å². The Bertz CT molecular complexity index is 476. The highest BCUT2D eigenvalue weighted by Crippen LogP contribution is 2.35. The predicted octanol–water partition coefficient (Wildman–Crippen LogP) is 1.79. The third-order valence-corrected chi connectivity index (χ3v) is 3.24. The number of aliphatic hydroxyl groups excluding tert-OH is 1. The minimum absolute atomic E-state index is 0.0517. The maximum absolute atomic E-state index is 11.8. The molecule has 4 nitrogen and oxygen atoms in total. The number of benzene rings is 1. The van der Waals surface area contributed by atoms with Gasteiger partial charge in [-0.05, 0) is 23.1 Å². The van der Waals surface area contributed by atoms with E-state index in [1.807, 2.05) is 12.1 Å². The monoisotopic (exact) mass is 249 g/mol. The SMILES string of the molecule is CC(C)(C)c1ccc(O)c(N2CC(O)CC2=O)c1. The van der Waals surface area contributed by atoms with Crippen LogP contribution < -0.4 is 4.90 Å². The molecule has 1 amide bonds. The second kappa shape index (κ2) is 4.28. The number of carbonyl (C=O) groups is 1. The van der Waals surface area contributed by atoms with Crippen LogP contribution in [0.4, 0.5) is 5.69 Å². The summed E-state index contributed by atoms with van der Waals surface area (Å²) in [5, 5.41) is 19.4. The Morgan fingerprint density at radius 1 is 1.33 bits per heavy atom. The number of phenolic OH excluding ortho intramolecular Hbond substituents is 1. The Kier molecular flexibility index (Phi) is 3.07. The maximum Gasteiger partial charge on any atom is 0.229 e. The fourth-order valence-corrected chi connectivity index (χ4v) is 2.13. The summed E-state index contributed by atoms with van der Waals surface area (Å²) in [6.07, 6.45) is -0.519. The van der Waals surface area contributed by atoms with Crippen molar-refractivity contribution in [3.8, 4) is 5.75 Å². The first-order valence-corrected chi connectivity index (χ1v) is 6.11. The van der Waals surface area contributed by atoms with Crippen LogP contribution in [0.15, 0.2) is 18.2 Å². The molecule has 0 radical (unpaired) electrons. The third kappa shape index (κ3) is 2.34. The van der Waals surface area contributed by atoms with Crippen molar-refractivity contribution in [2.75, 3.05) is 11.4 Å². The summed E-state index contributed by atoms with van der Waals surface area (Å²) >= 11 is 0. The first kappa shape index (κ1) is 12.9. The molecule has 0 saturated carbocycles. The van der Waals surface area contributed by atoms with Crippen molar-refractivity contribution in [3.63, 3.8) is 0 Å². The van der Waals surface area contributed by atoms with Gasteiger partial charge in [0, 0.05) is 0 Å². The minimum Gasteiger partial charge on any atom is -0.506 e. The first-order valence-electron chi connectivity index (χ1n) is 6.11. The maximum atomic E-state index is 11.8. The summed E-state index contributed by atoms with van der Waals surface area (Å²) in [5.41, 5.74) is 1.48. The summed E-state index contributed by atoms with van der Waals surface area (Å²) in [6, 6.07) is 5.29. The second-order valence-corrected chi connectivity index (χ2v) is 5.82. The number of anilines is 1. The Balaban J connectivity index is 2.41. The molecule has 0 aliphatic carbocycles. The van der Waals surface area contributed by atoms with Crippen molar-refractivity contribution in [2.24, 2.45) is 0 Å². The van der Waals surface area contributed by atoms with Gasteiger partial charge in [-0.25, -0.2) is 0 Å². The Hall–Kier alpha value is -1.55. The number of amides is 1. The number of aliphatic hydroxyl groups is 1. The van der Waals surface area contributed by atoms with Crippen molar-refractivity contribution >= 4 is 11.6 Å². The number of nitrogens with zero attached hydrogens (tertiary/aromatic N) is 1. The van der Waals surface area contributed by atoms with Crippen molar-refractivity contribution in [1.29, 1.82) is 0 Å². The van der Waals surface area contributed by atoms with Crippen LogP contribution in [0.5, 0.6) is 5.75 Å². The van der Waals surface area contributed by atoms with E-state index >= 15 is 0 Å². The highest BCUT2D eigenvalue weighted by atomic mass is 16.3. The van der Waals surface area contributed by atoms with Crippen LogP contribution in [0.1, 0.15) is 32.8 Å². The number of carbonyl (C=O) groups excluding carboxylic acids is 1. The average molecular weight is 249 g/mol. The lowest BCUT2D eigenvalue weighted by Gasteiger charge is -2.23. The highest BCUT2D eigenvalue weighted by molar-refractivity contribution is 5.97. The molecule has 0 bridgehead atoms. The molecule has 1 unspecified atom stereocenters. The lowest BCUT2D eigenvalue weighted by molar-refractivity contribution is -0.117. The highest BCUT2D eigenvalue weighted by Gasteiger charge is 2.31. The number of phenols is 1. The van der Waals surface area contributed by atoms with E-state index in [1.54, 1.807) is 6.07 Å². The molecule has 2 rings (SSSR count). The van der Waals surface area contributed by atoms with Gasteiger partial charge in [0.25, 0.3) is 0 Å². The van der Waals surface area contributed by atoms with Crippen LogP contribution in [0.2, 0.25) is 0 Å². The first-order chi connectivity index (χ1) is 8.29. The molecule has 0 aromatic heterocycles. The van der Waals surface area contributed by atoms with Crippen molar-refractivity contribution in [3.05, 3.63) is 23.8 Å². The van der Waals surface area contributed by atoms with Gasteiger partial charge in [-0.2, -0.15) is 0 Å². The molecule has 1 saturated heterocycles. The van der Waals surface area contributed by atoms with Gasteiger partial charge in [-0.1, -0.05) is 26.8 Å². The minimum atomic E-state index is -0.643. The van der Waals surface area contributed by atoms with E-state index in [9.17, 15) is 15.0 Å². The number of hydrogen-bond acceptors (Lipinski definition) is 3. The summed E-state index contributed by atoms with van der Waals surface area (Å²) in [7, 11) is 0. The van der Waals surface area contributed by atoms with Crippen LogP contribution in [0.3, 0.4) is 0 Å². The molecule has 1 aromatic rings. The lowest BCUT2D eigenvalue weighted by atomic mass is 9.86. The van der Waals surface area contributed by atoms with Gasteiger partial charge < -0.3 is 15.1 Å². The van der Waals surface area contributed by atoms with Crippen LogP contribution in [-0.4, -0.2) is 28.8 Å². The molecule has 98 valence electrons. The normalized spacial score (nSPS) is 20.6. The molecule has 4 heteroatoms.